The van der Waals surface area contributed by atoms with Gasteiger partial charge in [0.15, 0.2) is 0 Å². The van der Waals surface area contributed by atoms with Crippen LogP contribution in [0.3, 0.4) is 0 Å². The zero-order valence-corrected chi connectivity index (χ0v) is 15.1. The predicted octanol–water partition coefficient (Wildman–Crippen LogP) is 3.04. The van der Waals surface area contributed by atoms with Gasteiger partial charge in [-0.2, -0.15) is 0 Å². The molecule has 2 aromatic carbocycles. The molecule has 0 aliphatic rings. The predicted molar refractivity (Wildman–Crippen MR) is 95.8 cm³/mol. The van der Waals surface area contributed by atoms with E-state index in [1.54, 1.807) is 6.92 Å². The van der Waals surface area contributed by atoms with E-state index in [2.05, 4.69) is 45.0 Å². The van der Waals surface area contributed by atoms with E-state index in [-0.39, 0.29) is 5.04 Å². The lowest BCUT2D eigenvalue weighted by atomic mass is 10.2. The van der Waals surface area contributed by atoms with Crippen molar-refractivity contribution < 1.29 is 14.3 Å². The molecule has 0 aliphatic heterocycles. The number of rotatable bonds is 5. The van der Waals surface area contributed by atoms with Gasteiger partial charge in [0.05, 0.1) is 0 Å². The van der Waals surface area contributed by atoms with Crippen molar-refractivity contribution in [2.75, 3.05) is 0 Å². The third-order valence-electron chi connectivity index (χ3n) is 4.12. The van der Waals surface area contributed by atoms with E-state index >= 15 is 0 Å². The van der Waals surface area contributed by atoms with Gasteiger partial charge in [0.2, 0.25) is 0 Å². The SMILES string of the molecule is CC(O[Si](c1ccccc1)(c1ccccc1)C(C)(C)C)C(=O)O. The molecular formula is C19H24O3Si. The second-order valence-electron chi connectivity index (χ2n) is 6.76. The molecule has 1 atom stereocenters. The summed E-state index contributed by atoms with van der Waals surface area (Å²) in [4.78, 5) is 11.5. The summed E-state index contributed by atoms with van der Waals surface area (Å²) in [7, 11) is -2.76. The highest BCUT2D eigenvalue weighted by Gasteiger charge is 2.51. The molecule has 2 aromatic rings. The van der Waals surface area contributed by atoms with E-state index in [9.17, 15) is 9.90 Å². The monoisotopic (exact) mass is 328 g/mol. The molecule has 23 heavy (non-hydrogen) atoms. The molecule has 3 nitrogen and oxygen atoms in total. The third kappa shape index (κ3) is 3.38. The lowest BCUT2D eigenvalue weighted by molar-refractivity contribution is -0.144. The Kier molecular flexibility index (Phi) is 5.07. The van der Waals surface area contributed by atoms with Crippen molar-refractivity contribution in [3.8, 4) is 0 Å². The molecule has 0 aromatic heterocycles. The number of carbonyl (C=O) groups is 1. The smallest absolute Gasteiger partial charge is 0.331 e. The van der Waals surface area contributed by atoms with Gasteiger partial charge in [-0.3, -0.25) is 0 Å². The van der Waals surface area contributed by atoms with Gasteiger partial charge in [-0.25, -0.2) is 4.79 Å². The Morgan fingerprint density at radius 2 is 1.35 bits per heavy atom. The molecule has 0 radical (unpaired) electrons. The molecule has 4 heteroatoms. The van der Waals surface area contributed by atoms with Gasteiger partial charge in [0.1, 0.15) is 6.10 Å². The lowest BCUT2D eigenvalue weighted by Gasteiger charge is -2.44. The van der Waals surface area contributed by atoms with Crippen LogP contribution in [0.5, 0.6) is 0 Å². The number of carboxylic acid groups (broad SMARTS) is 1. The number of hydrogen-bond acceptors (Lipinski definition) is 2. The molecule has 0 aliphatic carbocycles. The standard InChI is InChI=1S/C19H24O3Si/c1-15(18(20)21)22-23(19(2,3)4,16-11-7-5-8-12-16)17-13-9-6-10-14-17/h5-15H,1-4H3,(H,20,21). The Morgan fingerprint density at radius 1 is 0.957 bits per heavy atom. The zero-order chi connectivity index (χ0) is 17.1. The molecule has 0 amide bonds. The fourth-order valence-electron chi connectivity index (χ4n) is 3.01. The van der Waals surface area contributed by atoms with Crippen LogP contribution in [0.1, 0.15) is 27.7 Å². The molecule has 0 heterocycles. The minimum Gasteiger partial charge on any atom is -0.479 e. The van der Waals surface area contributed by atoms with Gasteiger partial charge in [-0.1, -0.05) is 81.4 Å². The summed E-state index contributed by atoms with van der Waals surface area (Å²) in [6, 6.07) is 20.1. The molecule has 2 rings (SSSR count). The summed E-state index contributed by atoms with van der Waals surface area (Å²) in [6.07, 6.45) is -0.860. The Hall–Kier alpha value is -1.91. The maximum absolute atomic E-state index is 11.5. The molecule has 0 spiro atoms. The van der Waals surface area contributed by atoms with Crippen LogP contribution in [0.2, 0.25) is 5.04 Å². The van der Waals surface area contributed by atoms with Crippen LogP contribution in [0.15, 0.2) is 60.7 Å². The number of carboxylic acids is 1. The maximum atomic E-state index is 11.5. The molecular weight excluding hydrogens is 304 g/mol. The van der Waals surface area contributed by atoms with E-state index in [1.165, 1.54) is 0 Å². The van der Waals surface area contributed by atoms with Gasteiger partial charge in [-0.15, -0.1) is 0 Å². The average Bonchev–Trinajstić information content (AvgIpc) is 2.52. The second kappa shape index (κ2) is 6.68. The van der Waals surface area contributed by atoms with E-state index in [1.807, 2.05) is 36.4 Å². The molecule has 122 valence electrons. The topological polar surface area (TPSA) is 46.5 Å². The quantitative estimate of drug-likeness (QED) is 0.858. The molecule has 0 bridgehead atoms. The van der Waals surface area contributed by atoms with Crippen molar-refractivity contribution in [1.29, 1.82) is 0 Å². The Balaban J connectivity index is 2.72. The molecule has 0 fully saturated rings. The van der Waals surface area contributed by atoms with Gasteiger partial charge < -0.3 is 9.53 Å². The first-order valence-corrected chi connectivity index (χ1v) is 9.71. The van der Waals surface area contributed by atoms with Crippen molar-refractivity contribution in [2.45, 2.75) is 38.8 Å². The molecule has 0 saturated carbocycles. The highest BCUT2D eigenvalue weighted by molar-refractivity contribution is 6.99. The van der Waals surface area contributed by atoms with Crippen molar-refractivity contribution >= 4 is 24.7 Å². The minimum absolute atomic E-state index is 0.209. The minimum atomic E-state index is -2.76. The van der Waals surface area contributed by atoms with Gasteiger partial charge in [0, 0.05) is 0 Å². The summed E-state index contributed by atoms with van der Waals surface area (Å²) < 4.78 is 6.38. The second-order valence-corrected chi connectivity index (χ2v) is 11.0. The Bertz CT molecular complexity index is 608. The van der Waals surface area contributed by atoms with Crippen LogP contribution >= 0.6 is 0 Å². The van der Waals surface area contributed by atoms with Crippen LogP contribution in [0.4, 0.5) is 0 Å². The molecule has 1 N–H and O–H groups in total. The summed E-state index contributed by atoms with van der Waals surface area (Å²) >= 11 is 0. The summed E-state index contributed by atoms with van der Waals surface area (Å²) in [5.74, 6) is -0.932. The van der Waals surface area contributed by atoms with E-state index < -0.39 is 20.4 Å². The average molecular weight is 328 g/mol. The van der Waals surface area contributed by atoms with Crippen molar-refractivity contribution in [3.63, 3.8) is 0 Å². The van der Waals surface area contributed by atoms with Gasteiger partial charge in [-0.05, 0) is 22.3 Å². The first-order chi connectivity index (χ1) is 10.8. The molecule has 1 unspecified atom stereocenters. The summed E-state index contributed by atoms with van der Waals surface area (Å²) in [5.41, 5.74) is 0. The first-order valence-electron chi connectivity index (χ1n) is 7.80. The fraction of sp³-hybridized carbons (Fsp3) is 0.316. The lowest BCUT2D eigenvalue weighted by Crippen LogP contribution is -2.68. The maximum Gasteiger partial charge on any atom is 0.331 e. The Morgan fingerprint density at radius 3 is 1.65 bits per heavy atom. The highest BCUT2D eigenvalue weighted by atomic mass is 28.4. The van der Waals surface area contributed by atoms with Crippen LogP contribution in [0.25, 0.3) is 0 Å². The summed E-state index contributed by atoms with van der Waals surface area (Å²) in [5, 5.41) is 11.4. The van der Waals surface area contributed by atoms with E-state index in [0.717, 1.165) is 10.4 Å². The number of aliphatic carboxylic acids is 1. The van der Waals surface area contributed by atoms with Crippen LogP contribution in [-0.2, 0) is 9.22 Å². The normalized spacial score (nSPS) is 13.6. The first kappa shape index (κ1) is 17.4. The molecule has 0 saturated heterocycles. The van der Waals surface area contributed by atoms with Gasteiger partial charge in [0.25, 0.3) is 8.32 Å². The van der Waals surface area contributed by atoms with Crippen molar-refractivity contribution in [3.05, 3.63) is 60.7 Å². The van der Waals surface area contributed by atoms with Crippen LogP contribution in [-0.4, -0.2) is 25.5 Å². The van der Waals surface area contributed by atoms with Crippen molar-refractivity contribution in [1.82, 2.24) is 0 Å². The van der Waals surface area contributed by atoms with E-state index in [0.29, 0.717) is 0 Å². The fourth-order valence-corrected chi connectivity index (χ4v) is 7.65. The van der Waals surface area contributed by atoms with E-state index in [4.69, 9.17) is 4.43 Å². The van der Waals surface area contributed by atoms with Gasteiger partial charge >= 0.3 is 5.97 Å². The Labute approximate surface area is 139 Å². The van der Waals surface area contributed by atoms with Crippen molar-refractivity contribution in [2.24, 2.45) is 0 Å². The van der Waals surface area contributed by atoms with Crippen LogP contribution in [0, 0.1) is 0 Å². The largest absolute Gasteiger partial charge is 0.479 e. The number of benzene rings is 2. The van der Waals surface area contributed by atoms with Crippen LogP contribution < -0.4 is 10.4 Å². The third-order valence-corrected chi connectivity index (χ3v) is 9.23. The summed E-state index contributed by atoms with van der Waals surface area (Å²) in [6.45, 7) is 8.01. The zero-order valence-electron chi connectivity index (χ0n) is 14.1. The number of hydrogen-bond donors (Lipinski definition) is 1. The highest BCUT2D eigenvalue weighted by Crippen LogP contribution is 2.37.